The largest absolute Gasteiger partial charge is 0.367 e. The first-order valence-electron chi connectivity index (χ1n) is 11.4. The van der Waals surface area contributed by atoms with Gasteiger partial charge in [-0.15, -0.1) is 0 Å². The summed E-state index contributed by atoms with van der Waals surface area (Å²) < 4.78 is 2.13. The lowest BCUT2D eigenvalue weighted by Gasteiger charge is -2.16. The van der Waals surface area contributed by atoms with Crippen LogP contribution in [0.1, 0.15) is 49.2 Å². The van der Waals surface area contributed by atoms with Crippen molar-refractivity contribution in [3.8, 4) is 11.3 Å². The second-order valence-corrected chi connectivity index (χ2v) is 10.1. The lowest BCUT2D eigenvalue weighted by atomic mass is 10.1. The van der Waals surface area contributed by atoms with E-state index in [1.165, 1.54) is 5.57 Å². The Morgan fingerprint density at radius 3 is 2.75 bits per heavy atom. The summed E-state index contributed by atoms with van der Waals surface area (Å²) in [5.41, 5.74) is 5.84. The number of anilines is 1. The number of fused-ring (bicyclic) bond motifs is 1. The Morgan fingerprint density at radius 1 is 1.25 bits per heavy atom. The first kappa shape index (κ1) is 21.1. The van der Waals surface area contributed by atoms with Crippen molar-refractivity contribution in [2.75, 3.05) is 23.4 Å². The molecule has 7 heteroatoms. The van der Waals surface area contributed by atoms with Crippen molar-refractivity contribution in [2.24, 2.45) is 5.92 Å². The van der Waals surface area contributed by atoms with Crippen molar-refractivity contribution in [1.82, 2.24) is 19.7 Å². The van der Waals surface area contributed by atoms with Crippen molar-refractivity contribution in [2.45, 2.75) is 39.2 Å². The lowest BCUT2D eigenvalue weighted by molar-refractivity contribution is 0.0951. The highest BCUT2D eigenvalue weighted by Crippen LogP contribution is 2.30. The number of thioether (sulfide) groups is 1. The van der Waals surface area contributed by atoms with Crippen LogP contribution in [0.3, 0.4) is 0 Å². The van der Waals surface area contributed by atoms with Crippen molar-refractivity contribution in [3.05, 3.63) is 54.0 Å². The van der Waals surface area contributed by atoms with Crippen LogP contribution in [0.2, 0.25) is 0 Å². The number of nitrogens with zero attached hydrogens (tertiary/aromatic N) is 3. The number of aromatic nitrogens is 3. The Hall–Kier alpha value is -2.80. The maximum Gasteiger partial charge on any atom is 0.251 e. The van der Waals surface area contributed by atoms with E-state index < -0.39 is 0 Å². The molecule has 32 heavy (non-hydrogen) atoms. The molecule has 3 aromatic rings. The van der Waals surface area contributed by atoms with Crippen molar-refractivity contribution in [1.29, 1.82) is 0 Å². The third-order valence-corrected chi connectivity index (χ3v) is 6.71. The summed E-state index contributed by atoms with van der Waals surface area (Å²) in [6, 6.07) is 8.16. The molecule has 0 spiro atoms. The molecule has 0 radical (unpaired) electrons. The van der Waals surface area contributed by atoms with Crippen LogP contribution in [0, 0.1) is 5.92 Å². The number of rotatable bonds is 7. The topological polar surface area (TPSA) is 71.3 Å². The standard InChI is InChI=1S/C25H29N5OS/c1-16(2)13-26-23-24-27-14-22(30(24)15-21(29-23)17-9-11-32-12-10-17)18-3-5-19(6-4-18)25(31)28-20-7-8-20/h3-6,9,14-16,20H,7-8,10-13H2,1-2H3,(H,26,29)(H,28,31). The average molecular weight is 448 g/mol. The number of imidazole rings is 1. The van der Waals surface area contributed by atoms with Gasteiger partial charge in [-0.25, -0.2) is 9.97 Å². The van der Waals surface area contributed by atoms with Gasteiger partial charge < -0.3 is 10.6 Å². The zero-order valence-electron chi connectivity index (χ0n) is 18.6. The molecule has 2 aromatic heterocycles. The number of amides is 1. The Kier molecular flexibility index (Phi) is 5.91. The minimum Gasteiger partial charge on any atom is -0.367 e. The highest BCUT2D eigenvalue weighted by Gasteiger charge is 2.24. The molecule has 6 nitrogen and oxygen atoms in total. The van der Waals surface area contributed by atoms with Crippen LogP contribution in [-0.4, -0.2) is 44.4 Å². The monoisotopic (exact) mass is 447 g/mol. The molecule has 0 atom stereocenters. The summed E-state index contributed by atoms with van der Waals surface area (Å²) in [7, 11) is 0. The Bertz CT molecular complexity index is 1160. The number of benzene rings is 1. The summed E-state index contributed by atoms with van der Waals surface area (Å²) in [4.78, 5) is 22.0. The van der Waals surface area contributed by atoms with E-state index in [4.69, 9.17) is 9.97 Å². The number of nitrogens with one attached hydrogen (secondary N) is 2. The molecule has 1 saturated carbocycles. The van der Waals surface area contributed by atoms with Crippen LogP contribution in [0.4, 0.5) is 5.82 Å². The minimum atomic E-state index is 0.00551. The predicted octanol–water partition coefficient (Wildman–Crippen LogP) is 4.88. The molecular weight excluding hydrogens is 418 g/mol. The maximum atomic E-state index is 12.3. The third-order valence-electron chi connectivity index (χ3n) is 5.82. The molecule has 5 rings (SSSR count). The quantitative estimate of drug-likeness (QED) is 0.540. The molecule has 0 bridgehead atoms. The van der Waals surface area contributed by atoms with Gasteiger partial charge in [0.2, 0.25) is 0 Å². The molecule has 1 aliphatic heterocycles. The molecule has 1 aliphatic carbocycles. The molecule has 0 unspecified atom stereocenters. The number of hydrogen-bond acceptors (Lipinski definition) is 5. The number of hydrogen-bond donors (Lipinski definition) is 2. The van der Waals surface area contributed by atoms with Gasteiger partial charge in [-0.05, 0) is 48.6 Å². The molecule has 166 valence electrons. The van der Waals surface area contributed by atoms with E-state index in [1.807, 2.05) is 42.2 Å². The van der Waals surface area contributed by atoms with Gasteiger partial charge in [-0.3, -0.25) is 9.20 Å². The van der Waals surface area contributed by atoms with Gasteiger partial charge in [0.1, 0.15) is 0 Å². The molecule has 0 saturated heterocycles. The van der Waals surface area contributed by atoms with Crippen molar-refractivity contribution < 1.29 is 4.79 Å². The molecular formula is C25H29N5OS. The van der Waals surface area contributed by atoms with Gasteiger partial charge >= 0.3 is 0 Å². The summed E-state index contributed by atoms with van der Waals surface area (Å²) in [6.45, 7) is 5.22. The van der Waals surface area contributed by atoms with Gasteiger partial charge in [0.15, 0.2) is 11.5 Å². The highest BCUT2D eigenvalue weighted by molar-refractivity contribution is 7.99. The van der Waals surface area contributed by atoms with Crippen LogP contribution < -0.4 is 10.6 Å². The zero-order valence-corrected chi connectivity index (χ0v) is 19.4. The first-order valence-corrected chi connectivity index (χ1v) is 12.5. The fraction of sp³-hybridized carbons (Fsp3) is 0.400. The zero-order chi connectivity index (χ0) is 22.1. The molecule has 2 aliphatic rings. The SMILES string of the molecule is CC(C)CNc1nc(C2=CCSCC2)cn2c(-c3ccc(C(=O)NC4CC4)cc3)cnc12. The van der Waals surface area contributed by atoms with E-state index in [0.717, 1.165) is 65.7 Å². The van der Waals surface area contributed by atoms with Crippen LogP contribution in [0.25, 0.3) is 22.5 Å². The van der Waals surface area contributed by atoms with Crippen molar-refractivity contribution in [3.63, 3.8) is 0 Å². The lowest BCUT2D eigenvalue weighted by Crippen LogP contribution is -2.25. The Balaban J connectivity index is 1.52. The van der Waals surface area contributed by atoms with Crippen LogP contribution in [0.15, 0.2) is 42.7 Å². The summed E-state index contributed by atoms with van der Waals surface area (Å²) in [5, 5.41) is 6.55. The predicted molar refractivity (Wildman–Crippen MR) is 132 cm³/mol. The molecule has 1 fully saturated rings. The van der Waals surface area contributed by atoms with Gasteiger partial charge in [0, 0.05) is 35.7 Å². The molecule has 1 aromatic carbocycles. The van der Waals surface area contributed by atoms with Gasteiger partial charge in [-0.2, -0.15) is 11.8 Å². The Labute approximate surface area is 192 Å². The summed E-state index contributed by atoms with van der Waals surface area (Å²) in [6.07, 6.45) is 9.49. The van der Waals surface area contributed by atoms with Crippen LogP contribution in [0.5, 0.6) is 0 Å². The van der Waals surface area contributed by atoms with Gasteiger partial charge in [0.25, 0.3) is 5.91 Å². The van der Waals surface area contributed by atoms with E-state index >= 15 is 0 Å². The normalized spacial score (nSPS) is 16.3. The minimum absolute atomic E-state index is 0.00551. The fourth-order valence-electron chi connectivity index (χ4n) is 3.82. The van der Waals surface area contributed by atoms with Gasteiger partial charge in [-0.1, -0.05) is 32.1 Å². The van der Waals surface area contributed by atoms with Gasteiger partial charge in [0.05, 0.1) is 17.6 Å². The highest BCUT2D eigenvalue weighted by atomic mass is 32.2. The average Bonchev–Trinajstić information content (AvgIpc) is 3.53. The number of carbonyl (C=O) groups excluding carboxylic acids is 1. The molecule has 1 amide bonds. The van der Waals surface area contributed by atoms with Crippen LogP contribution >= 0.6 is 11.8 Å². The fourth-order valence-corrected chi connectivity index (χ4v) is 4.67. The van der Waals surface area contributed by atoms with Crippen molar-refractivity contribution >= 4 is 34.7 Å². The second-order valence-electron chi connectivity index (χ2n) is 8.97. The number of carbonyl (C=O) groups is 1. The molecule has 3 heterocycles. The van der Waals surface area contributed by atoms with E-state index in [-0.39, 0.29) is 5.91 Å². The van der Waals surface area contributed by atoms with E-state index in [9.17, 15) is 4.79 Å². The summed E-state index contributed by atoms with van der Waals surface area (Å²) >= 11 is 1.96. The smallest absolute Gasteiger partial charge is 0.251 e. The number of allylic oxidation sites excluding steroid dienone is 1. The van der Waals surface area contributed by atoms with E-state index in [2.05, 4.69) is 41.2 Å². The van der Waals surface area contributed by atoms with Crippen LogP contribution in [-0.2, 0) is 0 Å². The third kappa shape index (κ3) is 4.53. The second kappa shape index (κ2) is 8.98. The Morgan fingerprint density at radius 2 is 2.06 bits per heavy atom. The van der Waals surface area contributed by atoms with E-state index in [0.29, 0.717) is 17.5 Å². The molecule has 2 N–H and O–H groups in total. The van der Waals surface area contributed by atoms with E-state index in [1.54, 1.807) is 0 Å². The first-order chi connectivity index (χ1) is 15.6. The maximum absolute atomic E-state index is 12.3. The summed E-state index contributed by atoms with van der Waals surface area (Å²) in [5.74, 6) is 3.49.